The molecule has 2 atom stereocenters. The second kappa shape index (κ2) is 5.31. The van der Waals surface area contributed by atoms with E-state index in [1.807, 2.05) is 0 Å². The van der Waals surface area contributed by atoms with Crippen LogP contribution in [0.2, 0.25) is 0 Å². The zero-order valence-corrected chi connectivity index (χ0v) is 10.9. The van der Waals surface area contributed by atoms with Crippen LogP contribution in [0.5, 0.6) is 0 Å². The molecular formula is C13H28N2. The van der Waals surface area contributed by atoms with Gasteiger partial charge in [-0.05, 0) is 38.1 Å². The Hall–Kier alpha value is -0.0800. The first-order chi connectivity index (χ1) is 7.03. The summed E-state index contributed by atoms with van der Waals surface area (Å²) in [7, 11) is 2.26. The third-order valence-electron chi connectivity index (χ3n) is 4.33. The monoisotopic (exact) mass is 212 g/mol. The molecule has 0 saturated heterocycles. The number of nitrogens with zero attached hydrogens (tertiary/aromatic N) is 1. The quantitative estimate of drug-likeness (QED) is 0.759. The van der Waals surface area contributed by atoms with Crippen LogP contribution in [0.15, 0.2) is 0 Å². The molecule has 0 radical (unpaired) electrons. The highest BCUT2D eigenvalue weighted by Gasteiger charge is 2.37. The second-order valence-electron chi connectivity index (χ2n) is 5.54. The summed E-state index contributed by atoms with van der Waals surface area (Å²) in [6.45, 7) is 8.09. The summed E-state index contributed by atoms with van der Waals surface area (Å²) in [5.74, 6) is 0. The Morgan fingerprint density at radius 2 is 2.00 bits per heavy atom. The molecule has 0 bridgehead atoms. The zero-order chi connectivity index (χ0) is 11.5. The average Bonchev–Trinajstić information content (AvgIpc) is 2.48. The van der Waals surface area contributed by atoms with Crippen molar-refractivity contribution in [2.24, 2.45) is 11.1 Å². The Kier molecular flexibility index (Phi) is 4.60. The molecule has 1 fully saturated rings. The summed E-state index contributed by atoms with van der Waals surface area (Å²) in [4.78, 5) is 2.52. The van der Waals surface area contributed by atoms with Crippen molar-refractivity contribution in [3.8, 4) is 0 Å². The normalized spacial score (nSPS) is 31.8. The van der Waals surface area contributed by atoms with E-state index < -0.39 is 0 Å². The molecule has 0 aromatic carbocycles. The Bertz CT molecular complexity index is 189. The summed E-state index contributed by atoms with van der Waals surface area (Å²) < 4.78 is 0. The van der Waals surface area contributed by atoms with Gasteiger partial charge in [-0.25, -0.2) is 0 Å². The molecule has 0 aliphatic heterocycles. The van der Waals surface area contributed by atoms with E-state index in [2.05, 4.69) is 32.7 Å². The van der Waals surface area contributed by atoms with Gasteiger partial charge in [0.15, 0.2) is 0 Å². The van der Waals surface area contributed by atoms with E-state index in [1.165, 1.54) is 38.6 Å². The number of hydrogen-bond acceptors (Lipinski definition) is 2. The lowest BCUT2D eigenvalue weighted by atomic mass is 9.84. The van der Waals surface area contributed by atoms with Crippen molar-refractivity contribution in [1.82, 2.24) is 4.90 Å². The Labute approximate surface area is 95.2 Å². The van der Waals surface area contributed by atoms with Gasteiger partial charge in [-0.2, -0.15) is 0 Å². The molecule has 1 aliphatic carbocycles. The maximum atomic E-state index is 6.22. The minimum Gasteiger partial charge on any atom is -0.327 e. The highest BCUT2D eigenvalue weighted by molar-refractivity contribution is 4.93. The standard InChI is InChI=1S/C13H28N2/c1-5-11(6-2)15(4)10-13(3)9-7-8-12(13)14/h11-12H,5-10,14H2,1-4H3. The van der Waals surface area contributed by atoms with Gasteiger partial charge in [0.25, 0.3) is 0 Å². The van der Waals surface area contributed by atoms with Gasteiger partial charge in [-0.1, -0.05) is 27.2 Å². The summed E-state index contributed by atoms with van der Waals surface area (Å²) in [6.07, 6.45) is 6.33. The Balaban J connectivity index is 2.52. The van der Waals surface area contributed by atoms with Gasteiger partial charge in [0.05, 0.1) is 0 Å². The van der Waals surface area contributed by atoms with Crippen LogP contribution >= 0.6 is 0 Å². The predicted molar refractivity (Wildman–Crippen MR) is 66.9 cm³/mol. The van der Waals surface area contributed by atoms with Gasteiger partial charge in [-0.3, -0.25) is 0 Å². The molecule has 2 nitrogen and oxygen atoms in total. The molecule has 1 rings (SSSR count). The fraction of sp³-hybridized carbons (Fsp3) is 1.00. The highest BCUT2D eigenvalue weighted by atomic mass is 15.1. The fourth-order valence-electron chi connectivity index (χ4n) is 3.07. The van der Waals surface area contributed by atoms with E-state index in [1.54, 1.807) is 0 Å². The minimum atomic E-state index is 0.358. The van der Waals surface area contributed by atoms with Gasteiger partial charge < -0.3 is 10.6 Å². The molecule has 0 heterocycles. The largest absolute Gasteiger partial charge is 0.327 e. The van der Waals surface area contributed by atoms with E-state index >= 15 is 0 Å². The number of rotatable bonds is 5. The third-order valence-corrected chi connectivity index (χ3v) is 4.33. The van der Waals surface area contributed by atoms with Gasteiger partial charge in [0.1, 0.15) is 0 Å². The average molecular weight is 212 g/mol. The lowest BCUT2D eigenvalue weighted by Crippen LogP contribution is -2.46. The highest BCUT2D eigenvalue weighted by Crippen LogP contribution is 2.37. The van der Waals surface area contributed by atoms with E-state index in [-0.39, 0.29) is 0 Å². The molecule has 90 valence electrons. The SMILES string of the molecule is CCC(CC)N(C)CC1(C)CCCC1N. The van der Waals surface area contributed by atoms with E-state index in [9.17, 15) is 0 Å². The maximum absolute atomic E-state index is 6.22. The molecule has 2 N–H and O–H groups in total. The van der Waals surface area contributed by atoms with Crippen LogP contribution in [0.4, 0.5) is 0 Å². The topological polar surface area (TPSA) is 29.3 Å². The van der Waals surface area contributed by atoms with Crippen LogP contribution in [0.3, 0.4) is 0 Å². The first kappa shape index (κ1) is 13.0. The summed E-state index contributed by atoms with van der Waals surface area (Å²) in [5.41, 5.74) is 6.58. The summed E-state index contributed by atoms with van der Waals surface area (Å²) >= 11 is 0. The van der Waals surface area contributed by atoms with Crippen molar-refractivity contribution in [1.29, 1.82) is 0 Å². The van der Waals surface area contributed by atoms with Crippen LogP contribution in [0, 0.1) is 5.41 Å². The minimum absolute atomic E-state index is 0.358. The molecule has 2 unspecified atom stereocenters. The predicted octanol–water partition coefficient (Wildman–Crippen LogP) is 2.62. The van der Waals surface area contributed by atoms with Crippen molar-refractivity contribution in [3.05, 3.63) is 0 Å². The van der Waals surface area contributed by atoms with Gasteiger partial charge in [0, 0.05) is 18.6 Å². The van der Waals surface area contributed by atoms with Crippen molar-refractivity contribution in [3.63, 3.8) is 0 Å². The third kappa shape index (κ3) is 2.94. The molecular weight excluding hydrogens is 184 g/mol. The molecule has 2 heteroatoms. The van der Waals surface area contributed by atoms with Crippen molar-refractivity contribution in [2.75, 3.05) is 13.6 Å². The Morgan fingerprint density at radius 1 is 1.40 bits per heavy atom. The van der Waals surface area contributed by atoms with E-state index in [4.69, 9.17) is 5.73 Å². The molecule has 1 aliphatic rings. The van der Waals surface area contributed by atoms with Crippen molar-refractivity contribution >= 4 is 0 Å². The maximum Gasteiger partial charge on any atom is 0.0105 e. The molecule has 0 amide bonds. The molecule has 1 saturated carbocycles. The van der Waals surface area contributed by atoms with Crippen LogP contribution < -0.4 is 5.73 Å². The van der Waals surface area contributed by atoms with Gasteiger partial charge in [0.2, 0.25) is 0 Å². The molecule has 0 aromatic rings. The zero-order valence-electron chi connectivity index (χ0n) is 10.9. The number of hydrogen-bond donors (Lipinski definition) is 1. The first-order valence-corrected chi connectivity index (χ1v) is 6.49. The lowest BCUT2D eigenvalue weighted by Gasteiger charge is -2.37. The van der Waals surface area contributed by atoms with Crippen molar-refractivity contribution < 1.29 is 0 Å². The smallest absolute Gasteiger partial charge is 0.0105 e. The summed E-state index contributed by atoms with van der Waals surface area (Å²) in [6, 6.07) is 1.14. The Morgan fingerprint density at radius 3 is 2.40 bits per heavy atom. The van der Waals surface area contributed by atoms with Gasteiger partial charge >= 0.3 is 0 Å². The van der Waals surface area contributed by atoms with Crippen LogP contribution in [0.1, 0.15) is 52.9 Å². The molecule has 15 heavy (non-hydrogen) atoms. The van der Waals surface area contributed by atoms with E-state index in [0.29, 0.717) is 11.5 Å². The molecule has 0 spiro atoms. The van der Waals surface area contributed by atoms with Crippen LogP contribution in [-0.2, 0) is 0 Å². The van der Waals surface area contributed by atoms with Gasteiger partial charge in [-0.15, -0.1) is 0 Å². The van der Waals surface area contributed by atoms with Crippen LogP contribution in [-0.4, -0.2) is 30.6 Å². The first-order valence-electron chi connectivity index (χ1n) is 6.49. The summed E-state index contributed by atoms with van der Waals surface area (Å²) in [5, 5.41) is 0. The number of nitrogens with two attached hydrogens (primary N) is 1. The second-order valence-corrected chi connectivity index (χ2v) is 5.54. The van der Waals surface area contributed by atoms with Crippen molar-refractivity contribution in [2.45, 2.75) is 65.0 Å². The lowest BCUT2D eigenvalue weighted by molar-refractivity contribution is 0.133. The molecule has 0 aromatic heterocycles. The van der Waals surface area contributed by atoms with Crippen LogP contribution in [0.25, 0.3) is 0 Å². The van der Waals surface area contributed by atoms with E-state index in [0.717, 1.165) is 6.04 Å². The fourth-order valence-corrected chi connectivity index (χ4v) is 3.07.